The monoisotopic (exact) mass is 385 g/mol. The summed E-state index contributed by atoms with van der Waals surface area (Å²) in [6.45, 7) is 16.3. The maximum atomic E-state index is 14.5. The van der Waals surface area contributed by atoms with Crippen LogP contribution in [0.4, 0.5) is 14.9 Å². The summed E-state index contributed by atoms with van der Waals surface area (Å²) in [5.74, 6) is -0.596. The lowest BCUT2D eigenvalue weighted by Crippen LogP contribution is -2.40. The van der Waals surface area contributed by atoms with E-state index in [1.54, 1.807) is 32.9 Å². The molecule has 1 aromatic carbocycles. The molecule has 5 nitrogen and oxygen atoms in total. The Morgan fingerprint density at radius 2 is 1.73 bits per heavy atom. The number of halogens is 1. The van der Waals surface area contributed by atoms with Gasteiger partial charge in [0.25, 0.3) is 0 Å². The van der Waals surface area contributed by atoms with E-state index in [1.807, 2.05) is 0 Å². The third-order valence-electron chi connectivity index (χ3n) is 4.36. The zero-order chi connectivity index (χ0) is 20.3. The van der Waals surface area contributed by atoms with Gasteiger partial charge in [0, 0.05) is 0 Å². The molecule has 1 N–H and O–H groups in total. The summed E-state index contributed by atoms with van der Waals surface area (Å²) in [5.41, 5.74) is 0.0554. The smallest absolute Gasteiger partial charge is 0.412 e. The Morgan fingerprint density at radius 1 is 1.15 bits per heavy atom. The molecule has 0 saturated heterocycles. The molecule has 1 aromatic rings. The molecule has 0 heterocycles. The summed E-state index contributed by atoms with van der Waals surface area (Å²) in [7, 11) is -0.574. The fourth-order valence-electron chi connectivity index (χ4n) is 1.87. The Morgan fingerprint density at radius 3 is 2.19 bits per heavy atom. The van der Waals surface area contributed by atoms with Crippen LogP contribution in [0.25, 0.3) is 0 Å². The molecule has 0 aliphatic rings. The minimum atomic E-state index is -1.96. The molecule has 0 spiro atoms. The molecule has 0 aromatic heterocycles. The first-order valence-corrected chi connectivity index (χ1v) is 11.6. The Kier molecular flexibility index (Phi) is 6.87. The van der Waals surface area contributed by atoms with Crippen LogP contribution in [0, 0.1) is 5.82 Å². The first-order chi connectivity index (χ1) is 11.7. The number of hydrogen-bond acceptors (Lipinski definition) is 4. The van der Waals surface area contributed by atoms with Crippen molar-refractivity contribution in [1.29, 1.82) is 0 Å². The predicted molar refractivity (Wildman–Crippen MR) is 105 cm³/mol. The second kappa shape index (κ2) is 7.96. The molecule has 26 heavy (non-hydrogen) atoms. The standard InChI is InChI=1S/C19H32FNO4Si/c1-18(2,3)25-17(22)21-14-10-13(11-15(23-7)16(14)20)12-24-26(8,9)19(4,5)6/h10-11H,12H2,1-9H3,(H,21,22). The lowest BCUT2D eigenvalue weighted by Gasteiger charge is -2.36. The van der Waals surface area contributed by atoms with Gasteiger partial charge < -0.3 is 13.9 Å². The van der Waals surface area contributed by atoms with Crippen molar-refractivity contribution in [2.24, 2.45) is 0 Å². The van der Waals surface area contributed by atoms with Crippen LogP contribution in [0.5, 0.6) is 5.75 Å². The average Bonchev–Trinajstić information content (AvgIpc) is 2.44. The first-order valence-electron chi connectivity index (χ1n) is 8.66. The third-order valence-corrected chi connectivity index (χ3v) is 8.84. The van der Waals surface area contributed by atoms with Crippen LogP contribution in [-0.4, -0.2) is 27.1 Å². The normalized spacial score (nSPS) is 12.7. The van der Waals surface area contributed by atoms with Gasteiger partial charge in [0.05, 0.1) is 19.4 Å². The summed E-state index contributed by atoms with van der Waals surface area (Å²) in [5, 5.41) is 2.51. The van der Waals surface area contributed by atoms with Gasteiger partial charge in [0.15, 0.2) is 19.9 Å². The van der Waals surface area contributed by atoms with Gasteiger partial charge in [0.2, 0.25) is 0 Å². The van der Waals surface area contributed by atoms with E-state index in [2.05, 4.69) is 39.2 Å². The van der Waals surface area contributed by atoms with Gasteiger partial charge in [0.1, 0.15) is 5.60 Å². The third kappa shape index (κ3) is 6.28. The fraction of sp³-hybridized carbons (Fsp3) is 0.632. The van der Waals surface area contributed by atoms with Crippen molar-refractivity contribution in [2.75, 3.05) is 12.4 Å². The van der Waals surface area contributed by atoms with E-state index in [0.717, 1.165) is 5.56 Å². The van der Waals surface area contributed by atoms with Gasteiger partial charge in [-0.2, -0.15) is 0 Å². The van der Waals surface area contributed by atoms with Gasteiger partial charge in [-0.05, 0) is 56.6 Å². The van der Waals surface area contributed by atoms with Crippen LogP contribution < -0.4 is 10.1 Å². The molecule has 0 aliphatic heterocycles. The molecule has 0 aliphatic carbocycles. The highest BCUT2D eigenvalue weighted by Gasteiger charge is 2.37. The minimum absolute atomic E-state index is 0.00688. The van der Waals surface area contributed by atoms with Gasteiger partial charge in [-0.3, -0.25) is 5.32 Å². The summed E-state index contributed by atoms with van der Waals surface area (Å²) in [6, 6.07) is 3.14. The highest BCUT2D eigenvalue weighted by atomic mass is 28.4. The number of ether oxygens (including phenoxy) is 2. The number of carbonyl (C=O) groups excluding carboxylic acids is 1. The van der Waals surface area contributed by atoms with Crippen molar-refractivity contribution in [3.63, 3.8) is 0 Å². The topological polar surface area (TPSA) is 56.8 Å². The number of benzene rings is 1. The van der Waals surface area contributed by atoms with Crippen LogP contribution in [0.15, 0.2) is 12.1 Å². The van der Waals surface area contributed by atoms with Crippen LogP contribution in [0.3, 0.4) is 0 Å². The highest BCUT2D eigenvalue weighted by Crippen LogP contribution is 2.37. The fourth-order valence-corrected chi connectivity index (χ4v) is 2.83. The molecule has 0 saturated carbocycles. The molecule has 0 bridgehead atoms. The van der Waals surface area contributed by atoms with Crippen molar-refractivity contribution in [1.82, 2.24) is 0 Å². The van der Waals surface area contributed by atoms with Crippen LogP contribution >= 0.6 is 0 Å². The number of methoxy groups -OCH3 is 1. The van der Waals surface area contributed by atoms with Crippen molar-refractivity contribution >= 4 is 20.1 Å². The molecule has 7 heteroatoms. The first kappa shape index (κ1) is 22.4. The Bertz CT molecular complexity index is 648. The van der Waals surface area contributed by atoms with E-state index in [9.17, 15) is 9.18 Å². The quantitative estimate of drug-likeness (QED) is 0.660. The molecular formula is C19H32FNO4Si. The number of carbonyl (C=O) groups is 1. The maximum absolute atomic E-state index is 14.5. The largest absolute Gasteiger partial charge is 0.494 e. The zero-order valence-corrected chi connectivity index (χ0v) is 18.4. The molecule has 0 fully saturated rings. The van der Waals surface area contributed by atoms with E-state index in [1.165, 1.54) is 7.11 Å². The predicted octanol–water partition coefficient (Wildman–Crippen LogP) is 5.70. The SMILES string of the molecule is COc1cc(CO[Si](C)(C)C(C)(C)C)cc(NC(=O)OC(C)(C)C)c1F. The average molecular weight is 386 g/mol. The van der Waals surface area contributed by atoms with Crippen molar-refractivity contribution in [3.05, 3.63) is 23.5 Å². The van der Waals surface area contributed by atoms with Crippen molar-refractivity contribution in [2.45, 2.75) is 71.9 Å². The zero-order valence-electron chi connectivity index (χ0n) is 17.4. The van der Waals surface area contributed by atoms with Gasteiger partial charge in [-0.1, -0.05) is 20.8 Å². The van der Waals surface area contributed by atoms with Gasteiger partial charge in [-0.15, -0.1) is 0 Å². The molecule has 1 rings (SSSR count). The molecule has 0 unspecified atom stereocenters. The summed E-state index contributed by atoms with van der Waals surface area (Å²) in [4.78, 5) is 12.0. The van der Waals surface area contributed by atoms with Gasteiger partial charge >= 0.3 is 6.09 Å². The molecule has 148 valence electrons. The van der Waals surface area contributed by atoms with Crippen LogP contribution in [0.2, 0.25) is 18.1 Å². The van der Waals surface area contributed by atoms with Gasteiger partial charge in [-0.25, -0.2) is 9.18 Å². The van der Waals surface area contributed by atoms with E-state index in [-0.39, 0.29) is 16.5 Å². The lowest BCUT2D eigenvalue weighted by atomic mass is 10.2. The Hall–Kier alpha value is -1.60. The molecule has 0 atom stereocenters. The second-order valence-corrected chi connectivity index (χ2v) is 13.6. The Balaban J connectivity index is 3.03. The van der Waals surface area contributed by atoms with E-state index in [0.29, 0.717) is 6.61 Å². The highest BCUT2D eigenvalue weighted by molar-refractivity contribution is 6.74. The number of rotatable bonds is 5. The summed E-state index contributed by atoms with van der Waals surface area (Å²) in [6.07, 6.45) is -0.721. The number of nitrogens with one attached hydrogen (secondary N) is 1. The van der Waals surface area contributed by atoms with Crippen molar-refractivity contribution < 1.29 is 23.1 Å². The van der Waals surface area contributed by atoms with Crippen LogP contribution in [0.1, 0.15) is 47.1 Å². The van der Waals surface area contributed by atoms with E-state index in [4.69, 9.17) is 13.9 Å². The lowest BCUT2D eigenvalue weighted by molar-refractivity contribution is 0.0635. The molecule has 0 radical (unpaired) electrons. The number of hydrogen-bond donors (Lipinski definition) is 1. The minimum Gasteiger partial charge on any atom is -0.494 e. The van der Waals surface area contributed by atoms with Crippen molar-refractivity contribution in [3.8, 4) is 5.75 Å². The van der Waals surface area contributed by atoms with E-state index < -0.39 is 25.8 Å². The summed E-state index contributed by atoms with van der Waals surface area (Å²) < 4.78 is 30.9. The second-order valence-electron chi connectivity index (χ2n) is 8.84. The molecular weight excluding hydrogens is 353 g/mol. The Labute approximate surface area is 157 Å². The number of amides is 1. The molecule has 1 amide bonds. The summed E-state index contributed by atoms with van der Waals surface area (Å²) >= 11 is 0. The number of anilines is 1. The maximum Gasteiger partial charge on any atom is 0.412 e. The van der Waals surface area contributed by atoms with E-state index >= 15 is 0 Å². The van der Waals surface area contributed by atoms with Crippen LogP contribution in [-0.2, 0) is 15.8 Å².